The van der Waals surface area contributed by atoms with Crippen molar-refractivity contribution in [2.45, 2.75) is 45.2 Å². The lowest BCUT2D eigenvalue weighted by atomic mass is 9.99. The number of likely N-dealkylation sites (tertiary alicyclic amines) is 1. The lowest BCUT2D eigenvalue weighted by Crippen LogP contribution is -2.50. The number of hydrogen-bond donors (Lipinski definition) is 3. The Morgan fingerprint density at radius 1 is 1.45 bits per heavy atom. The number of nitrogens with one attached hydrogen (secondary N) is 1. The van der Waals surface area contributed by atoms with Crippen molar-refractivity contribution in [3.63, 3.8) is 0 Å². The summed E-state index contributed by atoms with van der Waals surface area (Å²) in [6, 6.07) is -1.43. The first-order valence-corrected chi connectivity index (χ1v) is 6.94. The Morgan fingerprint density at radius 2 is 2.10 bits per heavy atom. The minimum absolute atomic E-state index is 0.0312. The molecule has 0 aromatic heterocycles. The van der Waals surface area contributed by atoms with Crippen molar-refractivity contribution >= 4 is 17.8 Å². The van der Waals surface area contributed by atoms with Gasteiger partial charge in [0.15, 0.2) is 0 Å². The van der Waals surface area contributed by atoms with Gasteiger partial charge in [0.25, 0.3) is 0 Å². The summed E-state index contributed by atoms with van der Waals surface area (Å²) in [6.07, 6.45) is 1.90. The molecule has 7 nitrogen and oxygen atoms in total. The number of nitrogens with two attached hydrogens (primary N) is 1. The molecule has 1 aliphatic heterocycles. The third kappa shape index (κ3) is 3.93. The van der Waals surface area contributed by atoms with Gasteiger partial charge in [-0.05, 0) is 18.8 Å². The molecule has 0 radical (unpaired) electrons. The van der Waals surface area contributed by atoms with Crippen LogP contribution < -0.4 is 11.1 Å². The summed E-state index contributed by atoms with van der Waals surface area (Å²) in [5.74, 6) is -1.72. The first-order chi connectivity index (χ1) is 9.38. The molecule has 0 saturated carbocycles. The highest BCUT2D eigenvalue weighted by Gasteiger charge is 2.34. The Hall–Kier alpha value is -1.63. The second kappa shape index (κ2) is 7.23. The van der Waals surface area contributed by atoms with Crippen molar-refractivity contribution in [3.05, 3.63) is 0 Å². The fourth-order valence-electron chi connectivity index (χ4n) is 2.22. The fraction of sp³-hybridized carbons (Fsp3) is 0.769. The van der Waals surface area contributed by atoms with E-state index in [1.54, 1.807) is 0 Å². The SMILES string of the molecule is CCC(C)C(N)C(=O)NCC(=O)N1CCCC1C(=O)O. The number of carbonyl (C=O) groups is 3. The highest BCUT2D eigenvalue weighted by molar-refractivity contribution is 5.89. The zero-order chi connectivity index (χ0) is 15.3. The van der Waals surface area contributed by atoms with E-state index in [2.05, 4.69) is 5.32 Å². The molecule has 0 bridgehead atoms. The average Bonchev–Trinajstić information content (AvgIpc) is 2.92. The molecule has 20 heavy (non-hydrogen) atoms. The quantitative estimate of drug-likeness (QED) is 0.612. The molecule has 1 heterocycles. The minimum Gasteiger partial charge on any atom is -0.480 e. The molecule has 0 aromatic rings. The van der Waals surface area contributed by atoms with Crippen molar-refractivity contribution in [2.75, 3.05) is 13.1 Å². The van der Waals surface area contributed by atoms with Crippen molar-refractivity contribution < 1.29 is 19.5 Å². The maximum absolute atomic E-state index is 11.9. The van der Waals surface area contributed by atoms with Crippen molar-refractivity contribution in [1.29, 1.82) is 0 Å². The molecule has 1 saturated heterocycles. The Labute approximate surface area is 118 Å². The zero-order valence-electron chi connectivity index (χ0n) is 12.0. The van der Waals surface area contributed by atoms with E-state index in [0.29, 0.717) is 19.4 Å². The number of carbonyl (C=O) groups excluding carboxylic acids is 2. The summed E-state index contributed by atoms with van der Waals surface area (Å²) < 4.78 is 0. The van der Waals surface area contributed by atoms with Crippen molar-refractivity contribution in [1.82, 2.24) is 10.2 Å². The summed E-state index contributed by atoms with van der Waals surface area (Å²) in [5.41, 5.74) is 5.76. The summed E-state index contributed by atoms with van der Waals surface area (Å²) >= 11 is 0. The second-order valence-electron chi connectivity index (χ2n) is 5.21. The first-order valence-electron chi connectivity index (χ1n) is 6.94. The van der Waals surface area contributed by atoms with E-state index in [1.165, 1.54) is 4.90 Å². The molecule has 4 N–H and O–H groups in total. The Morgan fingerprint density at radius 3 is 2.65 bits per heavy atom. The van der Waals surface area contributed by atoms with E-state index in [0.717, 1.165) is 6.42 Å². The fourth-order valence-corrected chi connectivity index (χ4v) is 2.22. The van der Waals surface area contributed by atoms with Gasteiger partial charge in [0.2, 0.25) is 11.8 Å². The highest BCUT2D eigenvalue weighted by atomic mass is 16.4. The number of carboxylic acids is 1. The van der Waals surface area contributed by atoms with Gasteiger partial charge in [-0.25, -0.2) is 4.79 Å². The standard InChI is InChI=1S/C13H23N3O4/c1-3-8(2)11(14)12(18)15-7-10(17)16-6-4-5-9(16)13(19)20/h8-9,11H,3-7,14H2,1-2H3,(H,15,18)(H,19,20). The molecule has 0 spiro atoms. The molecule has 3 unspecified atom stereocenters. The van der Waals surface area contributed by atoms with Gasteiger partial charge in [0, 0.05) is 6.54 Å². The van der Waals surface area contributed by atoms with Crippen LogP contribution in [0.1, 0.15) is 33.1 Å². The van der Waals surface area contributed by atoms with Gasteiger partial charge in [-0.15, -0.1) is 0 Å². The van der Waals surface area contributed by atoms with Gasteiger partial charge in [0.05, 0.1) is 12.6 Å². The van der Waals surface area contributed by atoms with Crippen LogP contribution in [-0.2, 0) is 14.4 Å². The Kier molecular flexibility index (Phi) is 5.94. The molecular formula is C13H23N3O4. The van der Waals surface area contributed by atoms with Crippen molar-refractivity contribution in [2.24, 2.45) is 11.7 Å². The lowest BCUT2D eigenvalue weighted by Gasteiger charge is -2.22. The second-order valence-corrected chi connectivity index (χ2v) is 5.21. The lowest BCUT2D eigenvalue weighted by molar-refractivity contribution is -0.148. The minimum atomic E-state index is -1.00. The smallest absolute Gasteiger partial charge is 0.326 e. The third-order valence-electron chi connectivity index (χ3n) is 3.83. The first kappa shape index (κ1) is 16.4. The number of rotatable bonds is 6. The number of carboxylic acid groups (broad SMARTS) is 1. The molecule has 1 fully saturated rings. The van der Waals surface area contributed by atoms with E-state index < -0.39 is 18.1 Å². The van der Waals surface area contributed by atoms with Gasteiger partial charge in [-0.3, -0.25) is 9.59 Å². The largest absolute Gasteiger partial charge is 0.480 e. The van der Waals surface area contributed by atoms with E-state index in [-0.39, 0.29) is 24.3 Å². The molecule has 0 aromatic carbocycles. The average molecular weight is 285 g/mol. The van der Waals surface area contributed by atoms with Crippen LogP contribution in [-0.4, -0.2) is 53.0 Å². The highest BCUT2D eigenvalue weighted by Crippen LogP contribution is 2.17. The Balaban J connectivity index is 2.47. The van der Waals surface area contributed by atoms with Crippen LogP contribution in [0.2, 0.25) is 0 Å². The van der Waals surface area contributed by atoms with E-state index >= 15 is 0 Å². The number of aliphatic carboxylic acids is 1. The molecule has 3 atom stereocenters. The van der Waals surface area contributed by atoms with Gasteiger partial charge >= 0.3 is 5.97 Å². The zero-order valence-corrected chi connectivity index (χ0v) is 12.0. The van der Waals surface area contributed by atoms with E-state index in [9.17, 15) is 14.4 Å². The normalized spacial score (nSPS) is 21.4. The maximum atomic E-state index is 11.9. The predicted octanol–water partition coefficient (Wildman–Crippen LogP) is -0.448. The van der Waals surface area contributed by atoms with Crippen LogP contribution in [0, 0.1) is 5.92 Å². The predicted molar refractivity (Wildman–Crippen MR) is 72.8 cm³/mol. The van der Waals surface area contributed by atoms with Crippen LogP contribution in [0.4, 0.5) is 0 Å². The molecule has 1 rings (SSSR count). The monoisotopic (exact) mass is 285 g/mol. The van der Waals surface area contributed by atoms with Crippen LogP contribution in [0.15, 0.2) is 0 Å². The summed E-state index contributed by atoms with van der Waals surface area (Å²) in [6.45, 7) is 4.02. The van der Waals surface area contributed by atoms with Crippen LogP contribution in [0.5, 0.6) is 0 Å². The molecule has 2 amide bonds. The number of hydrogen-bond acceptors (Lipinski definition) is 4. The molecule has 0 aliphatic carbocycles. The number of amides is 2. The van der Waals surface area contributed by atoms with E-state index in [1.807, 2.05) is 13.8 Å². The van der Waals surface area contributed by atoms with Crippen LogP contribution >= 0.6 is 0 Å². The Bertz CT molecular complexity index is 386. The van der Waals surface area contributed by atoms with Gasteiger partial charge in [-0.1, -0.05) is 20.3 Å². The summed E-state index contributed by atoms with van der Waals surface area (Å²) in [7, 11) is 0. The number of nitrogens with zero attached hydrogens (tertiary/aromatic N) is 1. The maximum Gasteiger partial charge on any atom is 0.326 e. The molecule has 7 heteroatoms. The topological polar surface area (TPSA) is 113 Å². The summed E-state index contributed by atoms with van der Waals surface area (Å²) in [5, 5.41) is 11.5. The summed E-state index contributed by atoms with van der Waals surface area (Å²) in [4.78, 5) is 36.0. The van der Waals surface area contributed by atoms with Crippen LogP contribution in [0.25, 0.3) is 0 Å². The molecule has 114 valence electrons. The van der Waals surface area contributed by atoms with Crippen molar-refractivity contribution in [3.8, 4) is 0 Å². The molecule has 1 aliphatic rings. The van der Waals surface area contributed by atoms with Gasteiger partial charge in [-0.2, -0.15) is 0 Å². The van der Waals surface area contributed by atoms with Gasteiger partial charge in [0.1, 0.15) is 6.04 Å². The molecular weight excluding hydrogens is 262 g/mol. The van der Waals surface area contributed by atoms with Crippen LogP contribution in [0.3, 0.4) is 0 Å². The van der Waals surface area contributed by atoms with E-state index in [4.69, 9.17) is 10.8 Å². The van der Waals surface area contributed by atoms with Gasteiger partial charge < -0.3 is 21.1 Å². The third-order valence-corrected chi connectivity index (χ3v) is 3.83.